The molecule has 1 amide bonds. The summed E-state index contributed by atoms with van der Waals surface area (Å²) in [5.74, 6) is 0.192. The van der Waals surface area contributed by atoms with E-state index in [9.17, 15) is 4.79 Å². The quantitative estimate of drug-likeness (QED) is 0.871. The molecule has 1 aliphatic rings. The van der Waals surface area contributed by atoms with Crippen molar-refractivity contribution in [2.24, 2.45) is 0 Å². The first-order chi connectivity index (χ1) is 10.2. The summed E-state index contributed by atoms with van der Waals surface area (Å²) < 4.78 is 1.84. The Hall–Kier alpha value is -1.88. The van der Waals surface area contributed by atoms with E-state index in [-0.39, 0.29) is 11.9 Å². The van der Waals surface area contributed by atoms with Crippen LogP contribution in [0.25, 0.3) is 0 Å². The van der Waals surface area contributed by atoms with Crippen LogP contribution in [-0.2, 0) is 11.2 Å². The molecule has 21 heavy (non-hydrogen) atoms. The minimum atomic E-state index is 0.192. The highest BCUT2D eigenvalue weighted by molar-refractivity contribution is 6.30. The fourth-order valence-corrected chi connectivity index (χ4v) is 2.91. The number of hydrogen-bond acceptors (Lipinski definition) is 3. The molecule has 2 aromatic rings. The average molecular weight is 305 g/mol. The molecule has 0 saturated carbocycles. The second-order valence-corrected chi connectivity index (χ2v) is 5.73. The van der Waals surface area contributed by atoms with Crippen LogP contribution in [0.15, 0.2) is 36.7 Å². The van der Waals surface area contributed by atoms with Gasteiger partial charge in [0, 0.05) is 30.7 Å². The molecular formula is C15H17ClN4O. The molecule has 1 atom stereocenters. The van der Waals surface area contributed by atoms with E-state index in [2.05, 4.69) is 10.3 Å². The van der Waals surface area contributed by atoms with Crippen LogP contribution >= 0.6 is 11.6 Å². The maximum Gasteiger partial charge on any atom is 0.222 e. The number of carbonyl (C=O) groups excluding carboxylic acids is 1. The molecule has 1 aliphatic heterocycles. The van der Waals surface area contributed by atoms with Gasteiger partial charge in [0.1, 0.15) is 0 Å². The summed E-state index contributed by atoms with van der Waals surface area (Å²) in [4.78, 5) is 14.2. The Kier molecular flexibility index (Phi) is 4.20. The molecule has 1 saturated heterocycles. The maximum atomic E-state index is 12.3. The largest absolute Gasteiger partial charge is 0.340 e. The lowest BCUT2D eigenvalue weighted by Crippen LogP contribution is -2.29. The lowest BCUT2D eigenvalue weighted by atomic mass is 10.1. The highest BCUT2D eigenvalue weighted by Gasteiger charge is 2.27. The van der Waals surface area contributed by atoms with Gasteiger partial charge in [-0.25, -0.2) is 4.68 Å². The number of halogens is 1. The van der Waals surface area contributed by atoms with Gasteiger partial charge in [0.25, 0.3) is 0 Å². The molecule has 1 unspecified atom stereocenters. The van der Waals surface area contributed by atoms with Gasteiger partial charge >= 0.3 is 0 Å². The van der Waals surface area contributed by atoms with Crippen LogP contribution in [0.3, 0.4) is 0 Å². The molecule has 0 radical (unpaired) electrons. The number of amides is 1. The number of hydrogen-bond donors (Lipinski definition) is 0. The lowest BCUT2D eigenvalue weighted by molar-refractivity contribution is -0.130. The summed E-state index contributed by atoms with van der Waals surface area (Å²) >= 11 is 5.95. The second kappa shape index (κ2) is 6.26. The Morgan fingerprint density at radius 1 is 1.43 bits per heavy atom. The van der Waals surface area contributed by atoms with Crippen LogP contribution in [0.2, 0.25) is 5.02 Å². The maximum absolute atomic E-state index is 12.3. The Morgan fingerprint density at radius 3 is 3.10 bits per heavy atom. The molecule has 6 heteroatoms. The van der Waals surface area contributed by atoms with E-state index in [4.69, 9.17) is 11.6 Å². The second-order valence-electron chi connectivity index (χ2n) is 5.30. The van der Waals surface area contributed by atoms with Crippen molar-refractivity contribution in [3.8, 4) is 0 Å². The van der Waals surface area contributed by atoms with Crippen molar-refractivity contribution in [1.29, 1.82) is 0 Å². The first-order valence-corrected chi connectivity index (χ1v) is 7.48. The monoisotopic (exact) mass is 304 g/mol. The van der Waals surface area contributed by atoms with Gasteiger partial charge in [0.05, 0.1) is 12.2 Å². The number of likely N-dealkylation sites (tertiary alicyclic amines) is 1. The van der Waals surface area contributed by atoms with Crippen molar-refractivity contribution in [2.75, 3.05) is 13.1 Å². The van der Waals surface area contributed by atoms with Gasteiger partial charge in [-0.2, -0.15) is 0 Å². The first-order valence-electron chi connectivity index (χ1n) is 7.10. The summed E-state index contributed by atoms with van der Waals surface area (Å²) in [5, 5.41) is 8.54. The fraction of sp³-hybridized carbons (Fsp3) is 0.400. The third-order valence-electron chi connectivity index (χ3n) is 3.85. The van der Waals surface area contributed by atoms with E-state index in [0.717, 1.165) is 31.5 Å². The highest BCUT2D eigenvalue weighted by atomic mass is 35.5. The minimum absolute atomic E-state index is 0.192. The number of nitrogens with zero attached hydrogens (tertiary/aromatic N) is 4. The SMILES string of the molecule is O=C(CCc1cccc(Cl)c1)N1CCC(n2ccnn2)C1. The highest BCUT2D eigenvalue weighted by Crippen LogP contribution is 2.21. The van der Waals surface area contributed by atoms with Gasteiger partial charge in [0.2, 0.25) is 5.91 Å². The van der Waals surface area contributed by atoms with Gasteiger partial charge in [-0.15, -0.1) is 5.10 Å². The summed E-state index contributed by atoms with van der Waals surface area (Å²) in [5.41, 5.74) is 1.10. The third kappa shape index (κ3) is 3.42. The van der Waals surface area contributed by atoms with E-state index in [0.29, 0.717) is 11.4 Å². The third-order valence-corrected chi connectivity index (χ3v) is 4.08. The summed E-state index contributed by atoms with van der Waals surface area (Å²) in [6.45, 7) is 1.51. The molecule has 1 fully saturated rings. The molecule has 110 valence electrons. The van der Waals surface area contributed by atoms with Gasteiger partial charge in [-0.05, 0) is 30.5 Å². The predicted molar refractivity (Wildman–Crippen MR) is 80.0 cm³/mol. The van der Waals surface area contributed by atoms with Crippen molar-refractivity contribution in [3.63, 3.8) is 0 Å². The zero-order valence-electron chi connectivity index (χ0n) is 11.7. The minimum Gasteiger partial charge on any atom is -0.340 e. The van der Waals surface area contributed by atoms with Crippen LogP contribution < -0.4 is 0 Å². The van der Waals surface area contributed by atoms with Crippen LogP contribution in [0.4, 0.5) is 0 Å². The van der Waals surface area contributed by atoms with Gasteiger partial charge in [-0.3, -0.25) is 4.79 Å². The Labute approximate surface area is 128 Å². The van der Waals surface area contributed by atoms with Crippen molar-refractivity contribution in [3.05, 3.63) is 47.2 Å². The summed E-state index contributed by atoms with van der Waals surface area (Å²) in [6.07, 6.45) is 5.70. The van der Waals surface area contributed by atoms with E-state index >= 15 is 0 Å². The molecule has 1 aromatic heterocycles. The topological polar surface area (TPSA) is 51.0 Å². The van der Waals surface area contributed by atoms with Crippen molar-refractivity contribution < 1.29 is 4.79 Å². The number of carbonyl (C=O) groups is 1. The zero-order valence-corrected chi connectivity index (χ0v) is 12.4. The Bertz CT molecular complexity index is 614. The lowest BCUT2D eigenvalue weighted by Gasteiger charge is -2.16. The number of aryl methyl sites for hydroxylation is 1. The van der Waals surface area contributed by atoms with Crippen LogP contribution in [0, 0.1) is 0 Å². The number of benzene rings is 1. The van der Waals surface area contributed by atoms with Crippen molar-refractivity contribution in [2.45, 2.75) is 25.3 Å². The van der Waals surface area contributed by atoms with E-state index in [1.807, 2.05) is 40.0 Å². The molecule has 0 N–H and O–H groups in total. The van der Waals surface area contributed by atoms with Gasteiger partial charge in [-0.1, -0.05) is 28.9 Å². The fourth-order valence-electron chi connectivity index (χ4n) is 2.70. The molecule has 0 bridgehead atoms. The normalized spacial score (nSPS) is 18.1. The summed E-state index contributed by atoms with van der Waals surface area (Å²) in [7, 11) is 0. The Morgan fingerprint density at radius 2 is 2.33 bits per heavy atom. The van der Waals surface area contributed by atoms with Gasteiger partial charge < -0.3 is 4.90 Å². The molecule has 0 spiro atoms. The van der Waals surface area contributed by atoms with E-state index in [1.54, 1.807) is 6.20 Å². The predicted octanol–water partition coefficient (Wildman–Crippen LogP) is 2.34. The van der Waals surface area contributed by atoms with E-state index < -0.39 is 0 Å². The molecule has 2 heterocycles. The van der Waals surface area contributed by atoms with Crippen LogP contribution in [0.1, 0.15) is 24.4 Å². The van der Waals surface area contributed by atoms with Crippen LogP contribution in [-0.4, -0.2) is 38.9 Å². The zero-order chi connectivity index (χ0) is 14.7. The standard InChI is InChI=1S/C15H17ClN4O/c16-13-3-1-2-12(10-13)4-5-15(21)19-8-6-14(11-19)20-9-7-17-18-20/h1-3,7,9-10,14H,4-6,8,11H2. The molecule has 0 aliphatic carbocycles. The smallest absolute Gasteiger partial charge is 0.222 e. The molecule has 3 rings (SSSR count). The number of rotatable bonds is 4. The average Bonchev–Trinajstić information content (AvgIpc) is 3.15. The van der Waals surface area contributed by atoms with Crippen LogP contribution in [0.5, 0.6) is 0 Å². The van der Waals surface area contributed by atoms with Crippen molar-refractivity contribution in [1.82, 2.24) is 19.9 Å². The molecule has 5 nitrogen and oxygen atoms in total. The molecular weight excluding hydrogens is 288 g/mol. The Balaban J connectivity index is 1.52. The van der Waals surface area contributed by atoms with Crippen molar-refractivity contribution >= 4 is 17.5 Å². The first kappa shape index (κ1) is 14.1. The summed E-state index contributed by atoms with van der Waals surface area (Å²) in [6, 6.07) is 7.93. The van der Waals surface area contributed by atoms with Gasteiger partial charge in [0.15, 0.2) is 0 Å². The van der Waals surface area contributed by atoms with E-state index in [1.165, 1.54) is 0 Å². The molecule has 1 aromatic carbocycles. The number of aromatic nitrogens is 3.